The van der Waals surface area contributed by atoms with Crippen LogP contribution in [0.2, 0.25) is 0 Å². The number of nitrogens with two attached hydrogens (primary N) is 1. The van der Waals surface area contributed by atoms with E-state index in [2.05, 4.69) is 4.72 Å². The Kier molecular flexibility index (Phi) is 6.45. The zero-order chi connectivity index (χ0) is 16.2. The molecule has 0 fully saturated rings. The van der Waals surface area contributed by atoms with E-state index < -0.39 is 20.8 Å². The van der Waals surface area contributed by atoms with Crippen LogP contribution >= 0.6 is 12.2 Å². The Balaban J connectivity index is 2.90. The fourth-order valence-corrected chi connectivity index (χ4v) is 4.09. The molecule has 0 aromatic heterocycles. The monoisotopic (exact) mass is 348 g/mol. The summed E-state index contributed by atoms with van der Waals surface area (Å²) in [5.74, 6) is 0.461. The Labute approximate surface area is 133 Å². The van der Waals surface area contributed by atoms with E-state index >= 15 is 0 Å². The number of hydrogen-bond acceptors (Lipinski definition) is 4. The van der Waals surface area contributed by atoms with E-state index in [0.717, 1.165) is 0 Å². The van der Waals surface area contributed by atoms with Crippen LogP contribution < -0.4 is 10.5 Å². The molecule has 1 rings (SSSR count). The number of sulfonamides is 1. The first-order valence-electron chi connectivity index (χ1n) is 6.36. The molecule has 21 heavy (non-hydrogen) atoms. The number of hydrogen-bond donors (Lipinski definition) is 2. The van der Waals surface area contributed by atoms with Gasteiger partial charge >= 0.3 is 0 Å². The van der Waals surface area contributed by atoms with Gasteiger partial charge in [-0.25, -0.2) is 13.1 Å². The Morgan fingerprint density at radius 2 is 2.10 bits per heavy atom. The molecule has 0 radical (unpaired) electrons. The van der Waals surface area contributed by atoms with Crippen LogP contribution in [0.3, 0.4) is 0 Å². The lowest BCUT2D eigenvalue weighted by atomic mass is 10.1. The second kappa shape index (κ2) is 7.44. The predicted molar refractivity (Wildman–Crippen MR) is 90.4 cm³/mol. The summed E-state index contributed by atoms with van der Waals surface area (Å²) in [5, 5.41) is 0. The molecule has 1 aromatic carbocycles. The van der Waals surface area contributed by atoms with Crippen molar-refractivity contribution >= 4 is 38.0 Å². The predicted octanol–water partition coefficient (Wildman–Crippen LogP) is 1.06. The van der Waals surface area contributed by atoms with Crippen molar-refractivity contribution < 1.29 is 12.6 Å². The van der Waals surface area contributed by atoms with Crippen LogP contribution in [0.25, 0.3) is 0 Å². The summed E-state index contributed by atoms with van der Waals surface area (Å²) in [6.45, 7) is 3.51. The van der Waals surface area contributed by atoms with Crippen LogP contribution in [0, 0.1) is 6.92 Å². The third kappa shape index (κ3) is 5.46. The molecule has 2 unspecified atom stereocenters. The topological polar surface area (TPSA) is 89.3 Å². The van der Waals surface area contributed by atoms with Gasteiger partial charge in [-0.15, -0.1) is 0 Å². The lowest BCUT2D eigenvalue weighted by Crippen LogP contribution is -2.33. The largest absolute Gasteiger partial charge is 0.389 e. The minimum Gasteiger partial charge on any atom is -0.389 e. The minimum atomic E-state index is -3.61. The Bertz CT molecular complexity index is 657. The number of benzene rings is 1. The van der Waals surface area contributed by atoms with Crippen molar-refractivity contribution in [2.45, 2.75) is 31.2 Å². The summed E-state index contributed by atoms with van der Waals surface area (Å²) in [7, 11) is -4.54. The molecule has 8 heteroatoms. The normalized spacial score (nSPS) is 14.6. The molecular weight excluding hydrogens is 328 g/mol. The van der Waals surface area contributed by atoms with Crippen molar-refractivity contribution in [3.63, 3.8) is 0 Å². The average molecular weight is 349 g/mol. The Morgan fingerprint density at radius 1 is 1.48 bits per heavy atom. The summed E-state index contributed by atoms with van der Waals surface area (Å²) < 4.78 is 38.2. The van der Waals surface area contributed by atoms with Gasteiger partial charge in [-0.2, -0.15) is 0 Å². The summed E-state index contributed by atoms with van der Waals surface area (Å²) in [6, 6.07) is 4.35. The van der Waals surface area contributed by atoms with E-state index in [4.69, 9.17) is 18.0 Å². The smallest absolute Gasteiger partial charge is 0.240 e. The third-order valence-corrected chi connectivity index (χ3v) is 5.59. The second-order valence-electron chi connectivity index (χ2n) is 4.93. The van der Waals surface area contributed by atoms with Crippen molar-refractivity contribution in [1.29, 1.82) is 0 Å². The highest BCUT2D eigenvalue weighted by Gasteiger charge is 2.18. The molecule has 0 aliphatic carbocycles. The number of aryl methyl sites for hydroxylation is 1. The molecule has 1 aromatic rings. The lowest BCUT2D eigenvalue weighted by molar-refractivity contribution is 0.555. The average Bonchev–Trinajstić information content (AvgIpc) is 2.35. The second-order valence-corrected chi connectivity index (χ2v) is 8.64. The van der Waals surface area contributed by atoms with Crippen molar-refractivity contribution in [2.24, 2.45) is 5.73 Å². The van der Waals surface area contributed by atoms with Crippen molar-refractivity contribution in [3.8, 4) is 0 Å². The summed E-state index contributed by atoms with van der Waals surface area (Å²) in [4.78, 5) is 0.410. The zero-order valence-corrected chi connectivity index (χ0v) is 14.7. The quantitative estimate of drug-likeness (QED) is 0.719. The van der Waals surface area contributed by atoms with Crippen LogP contribution in [-0.2, 0) is 20.8 Å². The fourth-order valence-electron chi connectivity index (χ4n) is 1.81. The molecule has 0 spiro atoms. The standard InChI is InChI=1S/C13H20N2O3S3/c1-9-8-11(4-5-12(9)13(14)19)21(17,18)15-10(2)6-7-20(3)16/h4-5,8,10,15H,6-7H2,1-3H3,(H2,14,19). The van der Waals surface area contributed by atoms with E-state index in [1.807, 2.05) is 0 Å². The number of nitrogens with one attached hydrogen (secondary N) is 1. The van der Waals surface area contributed by atoms with Gasteiger partial charge in [-0.1, -0.05) is 18.3 Å². The molecule has 0 amide bonds. The highest BCUT2D eigenvalue weighted by atomic mass is 32.2. The summed E-state index contributed by atoms with van der Waals surface area (Å²) in [6.07, 6.45) is 2.12. The Hall–Kier alpha value is -0.830. The molecule has 0 aliphatic heterocycles. The SMILES string of the molecule is Cc1cc(S(=O)(=O)NC(C)CCS(C)=O)ccc1C(N)=S. The van der Waals surface area contributed by atoms with Crippen molar-refractivity contribution in [1.82, 2.24) is 4.72 Å². The van der Waals surface area contributed by atoms with Crippen LogP contribution in [0.1, 0.15) is 24.5 Å². The number of thiocarbonyl (C=S) groups is 1. The Morgan fingerprint density at radius 3 is 2.57 bits per heavy atom. The first-order valence-corrected chi connectivity index (χ1v) is 9.98. The van der Waals surface area contributed by atoms with Gasteiger partial charge < -0.3 is 5.73 Å². The van der Waals surface area contributed by atoms with Gasteiger partial charge in [-0.3, -0.25) is 4.21 Å². The molecule has 0 bridgehead atoms. The molecule has 2 atom stereocenters. The van der Waals surface area contributed by atoms with Gasteiger partial charge in [0, 0.05) is 34.4 Å². The van der Waals surface area contributed by atoms with E-state index in [-0.39, 0.29) is 15.9 Å². The van der Waals surface area contributed by atoms with Crippen LogP contribution in [0.5, 0.6) is 0 Å². The minimum absolute atomic E-state index is 0.171. The fraction of sp³-hybridized carbons (Fsp3) is 0.462. The van der Waals surface area contributed by atoms with Gasteiger partial charge in [-0.05, 0) is 38.0 Å². The first kappa shape index (κ1) is 18.2. The summed E-state index contributed by atoms with van der Waals surface area (Å²) >= 11 is 4.90. The van der Waals surface area contributed by atoms with Gasteiger partial charge in [0.25, 0.3) is 0 Å². The number of rotatable bonds is 7. The van der Waals surface area contributed by atoms with Crippen LogP contribution in [0.15, 0.2) is 23.1 Å². The van der Waals surface area contributed by atoms with E-state index in [1.165, 1.54) is 6.07 Å². The molecule has 5 nitrogen and oxygen atoms in total. The van der Waals surface area contributed by atoms with E-state index in [0.29, 0.717) is 23.3 Å². The summed E-state index contributed by atoms with van der Waals surface area (Å²) in [5.41, 5.74) is 6.94. The van der Waals surface area contributed by atoms with Gasteiger partial charge in [0.05, 0.1) is 4.90 Å². The van der Waals surface area contributed by atoms with Gasteiger partial charge in [0.2, 0.25) is 10.0 Å². The van der Waals surface area contributed by atoms with Crippen molar-refractivity contribution in [3.05, 3.63) is 29.3 Å². The molecule has 0 heterocycles. The first-order chi connectivity index (χ1) is 9.63. The molecule has 0 saturated heterocycles. The molecule has 0 aliphatic rings. The maximum Gasteiger partial charge on any atom is 0.240 e. The molecule has 0 saturated carbocycles. The van der Waals surface area contributed by atoms with Gasteiger partial charge in [0.1, 0.15) is 4.99 Å². The lowest BCUT2D eigenvalue weighted by Gasteiger charge is -2.14. The molecule has 118 valence electrons. The highest BCUT2D eigenvalue weighted by molar-refractivity contribution is 7.89. The van der Waals surface area contributed by atoms with E-state index in [9.17, 15) is 12.6 Å². The van der Waals surface area contributed by atoms with E-state index in [1.54, 1.807) is 32.2 Å². The van der Waals surface area contributed by atoms with Crippen LogP contribution in [-0.4, -0.2) is 35.7 Å². The zero-order valence-electron chi connectivity index (χ0n) is 12.3. The third-order valence-electron chi connectivity index (χ3n) is 2.97. The molecular formula is C13H20N2O3S3. The van der Waals surface area contributed by atoms with Gasteiger partial charge in [0.15, 0.2) is 0 Å². The van der Waals surface area contributed by atoms with Crippen LogP contribution in [0.4, 0.5) is 0 Å². The molecule has 3 N–H and O–H groups in total. The maximum absolute atomic E-state index is 12.3. The van der Waals surface area contributed by atoms with Crippen molar-refractivity contribution in [2.75, 3.05) is 12.0 Å². The maximum atomic E-state index is 12.3. The highest BCUT2D eigenvalue weighted by Crippen LogP contribution is 2.16.